The monoisotopic (exact) mass is 304 g/mol. The van der Waals surface area contributed by atoms with E-state index in [0.29, 0.717) is 15.7 Å². The van der Waals surface area contributed by atoms with Crippen LogP contribution in [0.2, 0.25) is 10.0 Å². The van der Waals surface area contributed by atoms with Crippen molar-refractivity contribution in [3.63, 3.8) is 0 Å². The number of nitrogens with zero attached hydrogens (tertiary/aromatic N) is 2. The third-order valence-electron chi connectivity index (χ3n) is 2.30. The van der Waals surface area contributed by atoms with Gasteiger partial charge in [0.15, 0.2) is 5.11 Å². The Morgan fingerprint density at radius 1 is 1.28 bits per heavy atom. The highest BCUT2D eigenvalue weighted by Crippen LogP contribution is 2.28. The van der Waals surface area contributed by atoms with Gasteiger partial charge in [0.1, 0.15) is 6.54 Å². The predicted molar refractivity (Wildman–Crippen MR) is 71.3 cm³/mol. The molecule has 2 amide bonds. The summed E-state index contributed by atoms with van der Waals surface area (Å²) in [5.41, 5.74) is 0.353. The normalized spacial score (nSPS) is 15.4. The second-order valence-electron chi connectivity index (χ2n) is 3.51. The second kappa shape index (κ2) is 4.72. The molecule has 0 saturated carbocycles. The first-order chi connectivity index (χ1) is 8.40. The van der Waals surface area contributed by atoms with Gasteiger partial charge in [0.25, 0.3) is 5.91 Å². The Hall–Kier alpha value is -1.37. The Morgan fingerprint density at radius 3 is 2.28 bits per heavy atom. The van der Waals surface area contributed by atoms with E-state index in [9.17, 15) is 9.59 Å². The van der Waals surface area contributed by atoms with Gasteiger partial charge in [-0.15, -0.1) is 0 Å². The molecule has 2 rings (SSSR count). The van der Waals surface area contributed by atoms with E-state index in [-0.39, 0.29) is 11.7 Å². The van der Waals surface area contributed by atoms with Crippen molar-refractivity contribution in [2.24, 2.45) is 0 Å². The second-order valence-corrected chi connectivity index (χ2v) is 4.75. The lowest BCUT2D eigenvalue weighted by Gasteiger charge is -2.17. The summed E-state index contributed by atoms with van der Waals surface area (Å²) in [4.78, 5) is 24.5. The number of amides is 2. The van der Waals surface area contributed by atoms with Crippen LogP contribution in [0.4, 0.5) is 10.5 Å². The number of anilines is 1. The average Bonchev–Trinajstić information content (AvgIpc) is 2.52. The first-order valence-electron chi connectivity index (χ1n) is 4.73. The maximum Gasteiger partial charge on any atom is 0.414 e. The summed E-state index contributed by atoms with van der Waals surface area (Å²) in [6, 6.07) is 4.48. The number of thiocarbonyl (C=S) groups is 1. The van der Waals surface area contributed by atoms with Crippen LogP contribution < -0.4 is 4.90 Å². The van der Waals surface area contributed by atoms with Crippen molar-refractivity contribution in [3.05, 3.63) is 28.2 Å². The molecule has 1 heterocycles. The molecule has 0 radical (unpaired) electrons. The number of rotatable bonds is 1. The maximum atomic E-state index is 11.8. The molecule has 1 fully saturated rings. The molecule has 0 unspecified atom stereocenters. The topological polar surface area (TPSA) is 60.9 Å². The van der Waals surface area contributed by atoms with Crippen LogP contribution in [0.3, 0.4) is 0 Å². The molecule has 94 valence electrons. The molecule has 1 aliphatic rings. The molecular formula is C10H6Cl2N2O3S. The number of benzene rings is 1. The number of hydrogen-bond acceptors (Lipinski definition) is 3. The third kappa shape index (κ3) is 2.27. The minimum Gasteiger partial charge on any atom is -0.465 e. The van der Waals surface area contributed by atoms with Crippen molar-refractivity contribution in [2.75, 3.05) is 11.4 Å². The Kier molecular flexibility index (Phi) is 3.43. The van der Waals surface area contributed by atoms with E-state index < -0.39 is 12.0 Å². The van der Waals surface area contributed by atoms with E-state index in [1.165, 1.54) is 18.2 Å². The van der Waals surface area contributed by atoms with E-state index in [0.717, 1.165) is 9.80 Å². The van der Waals surface area contributed by atoms with Crippen molar-refractivity contribution in [1.29, 1.82) is 0 Å². The number of carboxylic acid groups (broad SMARTS) is 1. The van der Waals surface area contributed by atoms with Crippen LogP contribution in [-0.2, 0) is 4.79 Å². The Morgan fingerprint density at radius 2 is 1.83 bits per heavy atom. The summed E-state index contributed by atoms with van der Waals surface area (Å²) in [5.74, 6) is -0.444. The van der Waals surface area contributed by atoms with Gasteiger partial charge in [-0.25, -0.2) is 9.69 Å². The van der Waals surface area contributed by atoms with Gasteiger partial charge >= 0.3 is 6.09 Å². The lowest BCUT2D eigenvalue weighted by Crippen LogP contribution is -2.35. The minimum absolute atomic E-state index is 0.106. The molecule has 18 heavy (non-hydrogen) atoms. The standard InChI is InChI=1S/C10H6Cl2N2O3S/c11-5-1-6(12)3-7(2-5)14-8(15)4-13(9(14)18)10(16)17/h1-3H,4H2,(H,16,17). The highest BCUT2D eigenvalue weighted by Gasteiger charge is 2.37. The predicted octanol–water partition coefficient (Wildman–Crippen LogP) is 2.60. The van der Waals surface area contributed by atoms with E-state index >= 15 is 0 Å². The van der Waals surface area contributed by atoms with Gasteiger partial charge in [0.05, 0.1) is 5.69 Å². The first-order valence-corrected chi connectivity index (χ1v) is 5.90. The van der Waals surface area contributed by atoms with Crippen LogP contribution in [0.25, 0.3) is 0 Å². The zero-order valence-electron chi connectivity index (χ0n) is 8.76. The Labute approximate surface area is 117 Å². The number of carbonyl (C=O) groups is 2. The van der Waals surface area contributed by atoms with Gasteiger partial charge in [0.2, 0.25) is 0 Å². The van der Waals surface area contributed by atoms with Gasteiger partial charge in [0, 0.05) is 10.0 Å². The molecule has 1 aliphatic heterocycles. The fourth-order valence-electron chi connectivity index (χ4n) is 1.57. The van der Waals surface area contributed by atoms with E-state index in [2.05, 4.69) is 0 Å². The summed E-state index contributed by atoms with van der Waals surface area (Å²) < 4.78 is 0. The molecule has 1 saturated heterocycles. The molecule has 0 aromatic heterocycles. The van der Waals surface area contributed by atoms with E-state index in [1.807, 2.05) is 0 Å². The van der Waals surface area contributed by atoms with Crippen LogP contribution in [0.1, 0.15) is 0 Å². The lowest BCUT2D eigenvalue weighted by atomic mass is 10.3. The number of hydrogen-bond donors (Lipinski definition) is 1. The molecule has 8 heteroatoms. The average molecular weight is 305 g/mol. The van der Waals surface area contributed by atoms with Crippen molar-refractivity contribution in [3.8, 4) is 0 Å². The maximum absolute atomic E-state index is 11.8. The molecule has 1 aromatic carbocycles. The summed E-state index contributed by atoms with van der Waals surface area (Å²) in [5, 5.41) is 9.45. The fourth-order valence-corrected chi connectivity index (χ4v) is 2.44. The Bertz CT molecular complexity index is 544. The summed E-state index contributed by atoms with van der Waals surface area (Å²) in [6.45, 7) is -0.307. The molecule has 5 nitrogen and oxygen atoms in total. The third-order valence-corrected chi connectivity index (χ3v) is 3.14. The summed E-state index contributed by atoms with van der Waals surface area (Å²) >= 11 is 16.6. The fraction of sp³-hybridized carbons (Fsp3) is 0.100. The van der Waals surface area contributed by atoms with Gasteiger partial charge in [-0.2, -0.15) is 0 Å². The van der Waals surface area contributed by atoms with Crippen LogP contribution in [0.5, 0.6) is 0 Å². The van der Waals surface area contributed by atoms with Crippen LogP contribution in [-0.4, -0.2) is 33.7 Å². The lowest BCUT2D eigenvalue weighted by molar-refractivity contribution is -0.116. The van der Waals surface area contributed by atoms with Gasteiger partial charge in [-0.3, -0.25) is 9.69 Å². The quantitative estimate of drug-likeness (QED) is 0.810. The van der Waals surface area contributed by atoms with Crippen molar-refractivity contribution in [1.82, 2.24) is 4.90 Å². The SMILES string of the molecule is O=C(O)N1CC(=O)N(c2cc(Cl)cc(Cl)c2)C1=S. The smallest absolute Gasteiger partial charge is 0.414 e. The van der Waals surface area contributed by atoms with Crippen LogP contribution in [0, 0.1) is 0 Å². The van der Waals surface area contributed by atoms with Crippen LogP contribution in [0.15, 0.2) is 18.2 Å². The molecule has 0 atom stereocenters. The number of carbonyl (C=O) groups excluding carboxylic acids is 1. The summed E-state index contributed by atoms with van der Waals surface area (Å²) in [6.07, 6.45) is -1.27. The molecule has 0 spiro atoms. The number of halogens is 2. The molecule has 0 aliphatic carbocycles. The van der Waals surface area contributed by atoms with Gasteiger partial charge in [-0.05, 0) is 30.4 Å². The van der Waals surface area contributed by atoms with Crippen LogP contribution >= 0.6 is 35.4 Å². The van der Waals surface area contributed by atoms with Crippen molar-refractivity contribution in [2.45, 2.75) is 0 Å². The molecule has 1 N–H and O–H groups in total. The summed E-state index contributed by atoms with van der Waals surface area (Å²) in [7, 11) is 0. The molecule has 0 bridgehead atoms. The zero-order chi connectivity index (χ0) is 13.4. The molecular weight excluding hydrogens is 299 g/mol. The van der Waals surface area contributed by atoms with E-state index in [4.69, 9.17) is 40.5 Å². The van der Waals surface area contributed by atoms with Crippen molar-refractivity contribution >= 4 is 58.2 Å². The van der Waals surface area contributed by atoms with Gasteiger partial charge in [-0.1, -0.05) is 23.2 Å². The highest BCUT2D eigenvalue weighted by atomic mass is 35.5. The zero-order valence-corrected chi connectivity index (χ0v) is 11.1. The van der Waals surface area contributed by atoms with Gasteiger partial charge < -0.3 is 5.11 Å². The highest BCUT2D eigenvalue weighted by molar-refractivity contribution is 7.80. The largest absolute Gasteiger partial charge is 0.465 e. The minimum atomic E-state index is -1.27. The van der Waals surface area contributed by atoms with E-state index in [1.54, 1.807) is 0 Å². The molecule has 1 aromatic rings. The Balaban J connectivity index is 2.42. The van der Waals surface area contributed by atoms with Crippen molar-refractivity contribution < 1.29 is 14.7 Å². The first kappa shape index (κ1) is 13.1.